The Labute approximate surface area is 90.7 Å². The SMILES string of the molecule is CC1CCC(Cn2ccc(C(C)O)c2)O1. The molecule has 0 aromatic carbocycles. The molecule has 0 spiro atoms. The molecule has 2 heterocycles. The maximum atomic E-state index is 9.40. The van der Waals surface area contributed by atoms with Crippen molar-refractivity contribution in [1.29, 1.82) is 0 Å². The van der Waals surface area contributed by atoms with Crippen molar-refractivity contribution in [3.8, 4) is 0 Å². The molecule has 3 nitrogen and oxygen atoms in total. The van der Waals surface area contributed by atoms with Crippen molar-refractivity contribution in [2.75, 3.05) is 0 Å². The zero-order valence-corrected chi connectivity index (χ0v) is 9.39. The fraction of sp³-hybridized carbons (Fsp3) is 0.667. The minimum absolute atomic E-state index is 0.342. The normalized spacial score (nSPS) is 28.2. The van der Waals surface area contributed by atoms with Gasteiger partial charge in [0.15, 0.2) is 0 Å². The second-order valence-electron chi connectivity index (χ2n) is 4.46. The summed E-state index contributed by atoms with van der Waals surface area (Å²) in [5, 5.41) is 9.40. The summed E-state index contributed by atoms with van der Waals surface area (Å²) in [6.07, 6.45) is 6.68. The van der Waals surface area contributed by atoms with Crippen LogP contribution in [0, 0.1) is 0 Å². The van der Waals surface area contributed by atoms with E-state index in [9.17, 15) is 5.11 Å². The van der Waals surface area contributed by atoms with Crippen molar-refractivity contribution in [1.82, 2.24) is 4.57 Å². The van der Waals surface area contributed by atoms with Gasteiger partial charge in [0.1, 0.15) is 0 Å². The molecule has 1 aromatic heterocycles. The van der Waals surface area contributed by atoms with Gasteiger partial charge in [-0.3, -0.25) is 0 Å². The van der Waals surface area contributed by atoms with Crippen LogP contribution in [0.5, 0.6) is 0 Å². The Morgan fingerprint density at radius 1 is 1.60 bits per heavy atom. The molecule has 0 aliphatic carbocycles. The van der Waals surface area contributed by atoms with Crippen molar-refractivity contribution in [2.45, 2.75) is 51.5 Å². The van der Waals surface area contributed by atoms with E-state index in [1.165, 1.54) is 0 Å². The van der Waals surface area contributed by atoms with Gasteiger partial charge in [-0.05, 0) is 38.3 Å². The molecule has 1 saturated heterocycles. The summed E-state index contributed by atoms with van der Waals surface area (Å²) in [4.78, 5) is 0. The third kappa shape index (κ3) is 2.61. The largest absolute Gasteiger partial charge is 0.389 e. The van der Waals surface area contributed by atoms with Gasteiger partial charge in [0, 0.05) is 18.9 Å². The molecule has 0 amide bonds. The zero-order chi connectivity index (χ0) is 10.8. The van der Waals surface area contributed by atoms with Crippen LogP contribution in [-0.2, 0) is 11.3 Å². The van der Waals surface area contributed by atoms with Gasteiger partial charge in [0.2, 0.25) is 0 Å². The Kier molecular flexibility index (Phi) is 3.12. The molecule has 0 saturated carbocycles. The van der Waals surface area contributed by atoms with Gasteiger partial charge in [-0.2, -0.15) is 0 Å². The van der Waals surface area contributed by atoms with Crippen molar-refractivity contribution in [3.05, 3.63) is 24.0 Å². The topological polar surface area (TPSA) is 34.4 Å². The van der Waals surface area contributed by atoms with E-state index < -0.39 is 0 Å². The molecule has 1 aliphatic rings. The number of aromatic nitrogens is 1. The van der Waals surface area contributed by atoms with Gasteiger partial charge < -0.3 is 14.4 Å². The molecule has 1 aromatic rings. The van der Waals surface area contributed by atoms with Crippen molar-refractivity contribution < 1.29 is 9.84 Å². The Balaban J connectivity index is 1.93. The summed E-state index contributed by atoms with van der Waals surface area (Å²) < 4.78 is 7.85. The summed E-state index contributed by atoms with van der Waals surface area (Å²) in [7, 11) is 0. The molecule has 2 rings (SSSR count). The highest BCUT2D eigenvalue weighted by Gasteiger charge is 2.21. The van der Waals surface area contributed by atoms with Crippen molar-refractivity contribution in [2.24, 2.45) is 0 Å². The number of aliphatic hydroxyl groups excluding tert-OH is 1. The molecule has 3 unspecified atom stereocenters. The second kappa shape index (κ2) is 4.37. The summed E-state index contributed by atoms with van der Waals surface area (Å²) in [5.74, 6) is 0. The third-order valence-corrected chi connectivity index (χ3v) is 2.99. The lowest BCUT2D eigenvalue weighted by molar-refractivity contribution is 0.0458. The first kappa shape index (κ1) is 10.7. The molecule has 15 heavy (non-hydrogen) atoms. The van der Waals surface area contributed by atoms with Gasteiger partial charge >= 0.3 is 0 Å². The molecular weight excluding hydrogens is 190 g/mol. The number of aliphatic hydroxyl groups is 1. The summed E-state index contributed by atoms with van der Waals surface area (Å²) >= 11 is 0. The molecule has 1 fully saturated rings. The average Bonchev–Trinajstić information content (AvgIpc) is 2.76. The first-order valence-corrected chi connectivity index (χ1v) is 5.64. The second-order valence-corrected chi connectivity index (χ2v) is 4.46. The van der Waals surface area contributed by atoms with Gasteiger partial charge in [0.05, 0.1) is 18.3 Å². The first-order chi connectivity index (χ1) is 7.15. The molecule has 1 N–H and O–H groups in total. The van der Waals surface area contributed by atoms with Crippen molar-refractivity contribution in [3.63, 3.8) is 0 Å². The Bertz CT molecular complexity index is 319. The highest BCUT2D eigenvalue weighted by Crippen LogP contribution is 2.21. The van der Waals surface area contributed by atoms with E-state index in [1.54, 1.807) is 6.92 Å². The van der Waals surface area contributed by atoms with E-state index in [-0.39, 0.29) is 6.10 Å². The van der Waals surface area contributed by atoms with Crippen LogP contribution in [0.15, 0.2) is 18.5 Å². The van der Waals surface area contributed by atoms with Gasteiger partial charge in [-0.15, -0.1) is 0 Å². The van der Waals surface area contributed by atoms with E-state index in [4.69, 9.17) is 4.74 Å². The molecule has 0 bridgehead atoms. The molecule has 3 heteroatoms. The summed E-state index contributed by atoms with van der Waals surface area (Å²) in [5.41, 5.74) is 0.973. The lowest BCUT2D eigenvalue weighted by Gasteiger charge is -2.11. The third-order valence-electron chi connectivity index (χ3n) is 2.99. The minimum atomic E-state index is -0.380. The number of hydrogen-bond donors (Lipinski definition) is 1. The summed E-state index contributed by atoms with van der Waals surface area (Å²) in [6.45, 7) is 4.81. The van der Waals surface area contributed by atoms with Crippen molar-refractivity contribution >= 4 is 0 Å². The van der Waals surface area contributed by atoms with Gasteiger partial charge in [-0.25, -0.2) is 0 Å². The van der Waals surface area contributed by atoms with E-state index in [2.05, 4.69) is 11.5 Å². The quantitative estimate of drug-likeness (QED) is 0.827. The molecule has 1 aliphatic heterocycles. The van der Waals surface area contributed by atoms with Crippen LogP contribution < -0.4 is 0 Å². The average molecular weight is 209 g/mol. The maximum absolute atomic E-state index is 9.40. The maximum Gasteiger partial charge on any atom is 0.0776 e. The number of ether oxygens (including phenoxy) is 1. The summed E-state index contributed by atoms with van der Waals surface area (Å²) in [6, 6.07) is 1.96. The fourth-order valence-electron chi connectivity index (χ4n) is 2.07. The number of hydrogen-bond acceptors (Lipinski definition) is 2. The number of nitrogens with zero attached hydrogens (tertiary/aromatic N) is 1. The zero-order valence-electron chi connectivity index (χ0n) is 9.39. The molecular formula is C12H19NO2. The van der Waals surface area contributed by atoms with Crippen LogP contribution in [-0.4, -0.2) is 21.9 Å². The van der Waals surface area contributed by atoms with E-state index in [0.29, 0.717) is 12.2 Å². The van der Waals surface area contributed by atoms with Gasteiger partial charge in [-0.1, -0.05) is 0 Å². The predicted molar refractivity (Wildman–Crippen MR) is 58.6 cm³/mol. The van der Waals surface area contributed by atoms with Gasteiger partial charge in [0.25, 0.3) is 0 Å². The Morgan fingerprint density at radius 2 is 2.40 bits per heavy atom. The number of rotatable bonds is 3. The van der Waals surface area contributed by atoms with Crippen LogP contribution >= 0.6 is 0 Å². The molecule has 3 atom stereocenters. The Morgan fingerprint density at radius 3 is 2.93 bits per heavy atom. The smallest absolute Gasteiger partial charge is 0.0776 e. The van der Waals surface area contributed by atoms with Crippen LogP contribution in [0.4, 0.5) is 0 Å². The van der Waals surface area contributed by atoms with Crippen LogP contribution in [0.3, 0.4) is 0 Å². The monoisotopic (exact) mass is 209 g/mol. The van der Waals surface area contributed by atoms with E-state index in [0.717, 1.165) is 24.9 Å². The molecule has 84 valence electrons. The van der Waals surface area contributed by atoms with E-state index >= 15 is 0 Å². The molecule has 0 radical (unpaired) electrons. The standard InChI is InChI=1S/C12H19NO2/c1-9-3-4-12(15-9)8-13-6-5-11(7-13)10(2)14/h5-7,9-10,12,14H,3-4,8H2,1-2H3. The van der Waals surface area contributed by atoms with Crippen LogP contribution in [0.1, 0.15) is 38.4 Å². The highest BCUT2D eigenvalue weighted by atomic mass is 16.5. The lowest BCUT2D eigenvalue weighted by atomic mass is 10.2. The fourth-order valence-corrected chi connectivity index (χ4v) is 2.07. The lowest BCUT2D eigenvalue weighted by Crippen LogP contribution is -2.15. The highest BCUT2D eigenvalue weighted by molar-refractivity contribution is 5.12. The van der Waals surface area contributed by atoms with Crippen LogP contribution in [0.2, 0.25) is 0 Å². The minimum Gasteiger partial charge on any atom is -0.389 e. The van der Waals surface area contributed by atoms with E-state index in [1.807, 2.05) is 18.5 Å². The predicted octanol–water partition coefficient (Wildman–Crippen LogP) is 2.11. The Hall–Kier alpha value is -0.800. The first-order valence-electron chi connectivity index (χ1n) is 5.64. The van der Waals surface area contributed by atoms with Crippen LogP contribution in [0.25, 0.3) is 0 Å².